The Hall–Kier alpha value is -1.63. The molecule has 2 aromatic rings. The number of hydrogen-bond donors (Lipinski definition) is 0. The van der Waals surface area contributed by atoms with Gasteiger partial charge in [-0.1, -0.05) is 42.0 Å². The second-order valence-electron chi connectivity index (χ2n) is 3.80. The summed E-state index contributed by atoms with van der Waals surface area (Å²) in [5.74, 6) is -0.163. The molecule has 0 amide bonds. The molecular weight excluding hydrogens is 187 g/mol. The van der Waals surface area contributed by atoms with Crippen molar-refractivity contribution >= 4 is 0 Å². The molecule has 0 fully saturated rings. The van der Waals surface area contributed by atoms with Gasteiger partial charge in [-0.25, -0.2) is 4.39 Å². The quantitative estimate of drug-likeness (QED) is 0.649. The van der Waals surface area contributed by atoms with Crippen molar-refractivity contribution in [3.63, 3.8) is 0 Å². The minimum atomic E-state index is -0.163. The van der Waals surface area contributed by atoms with Gasteiger partial charge in [0.15, 0.2) is 0 Å². The lowest BCUT2D eigenvalue weighted by atomic mass is 9.98. The third-order valence-electron chi connectivity index (χ3n) is 2.55. The van der Waals surface area contributed by atoms with Crippen molar-refractivity contribution in [2.24, 2.45) is 0 Å². The molecule has 0 atom stereocenters. The molecule has 0 aliphatic heterocycles. The van der Waals surface area contributed by atoms with Crippen LogP contribution < -0.4 is 0 Å². The van der Waals surface area contributed by atoms with Gasteiger partial charge in [-0.3, -0.25) is 0 Å². The van der Waals surface area contributed by atoms with Gasteiger partial charge in [0.1, 0.15) is 5.82 Å². The standard InChI is InChI=1S/C14H13F/c1-10-7-8-12(11(2)9-10)13-5-3-4-6-14(13)15/h3-9H,1-2H3. The molecule has 0 nitrogen and oxygen atoms in total. The minimum absolute atomic E-state index is 0.163. The van der Waals surface area contributed by atoms with E-state index in [1.165, 1.54) is 11.6 Å². The summed E-state index contributed by atoms with van der Waals surface area (Å²) < 4.78 is 13.6. The number of benzene rings is 2. The summed E-state index contributed by atoms with van der Waals surface area (Å²) in [6.07, 6.45) is 0. The summed E-state index contributed by atoms with van der Waals surface area (Å²) in [6.45, 7) is 4.05. The molecule has 0 unspecified atom stereocenters. The number of halogens is 1. The Balaban J connectivity index is 2.60. The fraction of sp³-hybridized carbons (Fsp3) is 0.143. The first kappa shape index (κ1) is 9.91. The highest BCUT2D eigenvalue weighted by atomic mass is 19.1. The Morgan fingerprint density at radius 1 is 0.867 bits per heavy atom. The molecule has 0 aliphatic rings. The Kier molecular flexibility index (Phi) is 2.55. The summed E-state index contributed by atoms with van der Waals surface area (Å²) in [7, 11) is 0. The maximum atomic E-state index is 13.6. The summed E-state index contributed by atoms with van der Waals surface area (Å²) >= 11 is 0. The Morgan fingerprint density at radius 2 is 1.60 bits per heavy atom. The van der Waals surface area contributed by atoms with Crippen molar-refractivity contribution in [3.05, 3.63) is 59.4 Å². The highest BCUT2D eigenvalue weighted by Crippen LogP contribution is 2.26. The van der Waals surface area contributed by atoms with E-state index in [0.29, 0.717) is 5.56 Å². The molecule has 0 spiro atoms. The SMILES string of the molecule is Cc1ccc(-c2ccccc2F)c(C)c1. The third kappa shape index (κ3) is 1.91. The van der Waals surface area contributed by atoms with Crippen molar-refractivity contribution < 1.29 is 4.39 Å². The molecule has 0 radical (unpaired) electrons. The predicted molar refractivity (Wildman–Crippen MR) is 61.3 cm³/mol. The summed E-state index contributed by atoms with van der Waals surface area (Å²) in [4.78, 5) is 0. The van der Waals surface area contributed by atoms with Crippen LogP contribution in [0.5, 0.6) is 0 Å². The van der Waals surface area contributed by atoms with Gasteiger partial charge in [-0.05, 0) is 31.0 Å². The van der Waals surface area contributed by atoms with Gasteiger partial charge < -0.3 is 0 Å². The lowest BCUT2D eigenvalue weighted by Crippen LogP contribution is -1.87. The van der Waals surface area contributed by atoms with E-state index in [2.05, 4.69) is 6.07 Å². The lowest BCUT2D eigenvalue weighted by Gasteiger charge is -2.07. The molecule has 76 valence electrons. The van der Waals surface area contributed by atoms with Crippen LogP contribution in [-0.2, 0) is 0 Å². The van der Waals surface area contributed by atoms with Crippen molar-refractivity contribution in [1.82, 2.24) is 0 Å². The number of aryl methyl sites for hydroxylation is 2. The fourth-order valence-electron chi connectivity index (χ4n) is 1.80. The largest absolute Gasteiger partial charge is 0.206 e. The first-order chi connectivity index (χ1) is 7.18. The van der Waals surface area contributed by atoms with Gasteiger partial charge in [0.25, 0.3) is 0 Å². The van der Waals surface area contributed by atoms with Crippen molar-refractivity contribution in [2.45, 2.75) is 13.8 Å². The smallest absolute Gasteiger partial charge is 0.131 e. The molecule has 1 heteroatoms. The van der Waals surface area contributed by atoms with Crippen LogP contribution in [0.1, 0.15) is 11.1 Å². The fourth-order valence-corrected chi connectivity index (χ4v) is 1.80. The van der Waals surface area contributed by atoms with E-state index in [1.807, 2.05) is 38.1 Å². The van der Waals surface area contributed by atoms with Gasteiger partial charge in [-0.2, -0.15) is 0 Å². The van der Waals surface area contributed by atoms with E-state index in [-0.39, 0.29) is 5.82 Å². The second kappa shape index (κ2) is 3.85. The van der Waals surface area contributed by atoms with Crippen LogP contribution >= 0.6 is 0 Å². The zero-order valence-corrected chi connectivity index (χ0v) is 8.92. The molecule has 0 heterocycles. The van der Waals surface area contributed by atoms with E-state index >= 15 is 0 Å². The van der Waals surface area contributed by atoms with Gasteiger partial charge in [0, 0.05) is 5.56 Å². The molecular formula is C14H13F. The van der Waals surface area contributed by atoms with Gasteiger partial charge in [0.2, 0.25) is 0 Å². The average Bonchev–Trinajstić information content (AvgIpc) is 2.20. The van der Waals surface area contributed by atoms with Crippen LogP contribution in [0, 0.1) is 19.7 Å². The summed E-state index contributed by atoms with van der Waals surface area (Å²) in [5.41, 5.74) is 3.96. The number of rotatable bonds is 1. The van der Waals surface area contributed by atoms with E-state index in [1.54, 1.807) is 6.07 Å². The van der Waals surface area contributed by atoms with Crippen molar-refractivity contribution in [1.29, 1.82) is 0 Å². The van der Waals surface area contributed by atoms with Gasteiger partial charge in [0.05, 0.1) is 0 Å². The highest BCUT2D eigenvalue weighted by Gasteiger charge is 2.06. The number of hydrogen-bond acceptors (Lipinski definition) is 0. The van der Waals surface area contributed by atoms with Crippen molar-refractivity contribution in [2.75, 3.05) is 0 Å². The van der Waals surface area contributed by atoms with Crippen LogP contribution in [0.25, 0.3) is 11.1 Å². The summed E-state index contributed by atoms with van der Waals surface area (Å²) in [6, 6.07) is 12.9. The summed E-state index contributed by atoms with van der Waals surface area (Å²) in [5, 5.41) is 0. The third-order valence-corrected chi connectivity index (χ3v) is 2.55. The molecule has 0 aliphatic carbocycles. The van der Waals surface area contributed by atoms with Crippen molar-refractivity contribution in [3.8, 4) is 11.1 Å². The molecule has 15 heavy (non-hydrogen) atoms. The lowest BCUT2D eigenvalue weighted by molar-refractivity contribution is 0.631. The normalized spacial score (nSPS) is 10.3. The average molecular weight is 200 g/mol. The first-order valence-electron chi connectivity index (χ1n) is 5.00. The minimum Gasteiger partial charge on any atom is -0.206 e. The van der Waals surface area contributed by atoms with E-state index in [9.17, 15) is 4.39 Å². The van der Waals surface area contributed by atoms with Crippen LogP contribution in [0.4, 0.5) is 4.39 Å². The maximum Gasteiger partial charge on any atom is 0.131 e. The zero-order valence-electron chi connectivity index (χ0n) is 8.92. The van der Waals surface area contributed by atoms with Crippen LogP contribution in [0.3, 0.4) is 0 Å². The van der Waals surface area contributed by atoms with Crippen LogP contribution in [0.2, 0.25) is 0 Å². The van der Waals surface area contributed by atoms with Crippen LogP contribution in [-0.4, -0.2) is 0 Å². The van der Waals surface area contributed by atoms with Gasteiger partial charge in [-0.15, -0.1) is 0 Å². The molecule has 0 N–H and O–H groups in total. The highest BCUT2D eigenvalue weighted by molar-refractivity contribution is 5.68. The Morgan fingerprint density at radius 3 is 2.27 bits per heavy atom. The molecule has 0 aromatic heterocycles. The Labute approximate surface area is 89.4 Å². The van der Waals surface area contributed by atoms with Crippen LogP contribution in [0.15, 0.2) is 42.5 Å². The topological polar surface area (TPSA) is 0 Å². The van der Waals surface area contributed by atoms with E-state index < -0.39 is 0 Å². The molecule has 0 saturated heterocycles. The predicted octanol–water partition coefficient (Wildman–Crippen LogP) is 4.11. The monoisotopic (exact) mass is 200 g/mol. The zero-order chi connectivity index (χ0) is 10.8. The van der Waals surface area contributed by atoms with E-state index in [4.69, 9.17) is 0 Å². The molecule has 2 aromatic carbocycles. The molecule has 2 rings (SSSR count). The first-order valence-corrected chi connectivity index (χ1v) is 5.00. The van der Waals surface area contributed by atoms with E-state index in [0.717, 1.165) is 11.1 Å². The maximum absolute atomic E-state index is 13.6. The second-order valence-corrected chi connectivity index (χ2v) is 3.80. The Bertz CT molecular complexity index is 486. The van der Waals surface area contributed by atoms with Gasteiger partial charge >= 0.3 is 0 Å². The molecule has 0 saturated carbocycles. The molecule has 0 bridgehead atoms.